The van der Waals surface area contributed by atoms with E-state index in [4.69, 9.17) is 15.7 Å². The van der Waals surface area contributed by atoms with Crippen molar-refractivity contribution in [1.29, 1.82) is 5.26 Å². The minimum absolute atomic E-state index is 0.0627. The fraction of sp³-hybridized carbons (Fsp3) is 0.235. The molecule has 2 atom stereocenters. The molecule has 0 spiro atoms. The molecule has 0 bridgehead atoms. The first-order chi connectivity index (χ1) is 13.0. The monoisotopic (exact) mass is 416 g/mol. The second kappa shape index (κ2) is 6.73. The molecule has 11 heteroatoms. The SMILES string of the molecule is N#Cc1cc(F)cc(Oc2ccc(S(=O)(=O)C(F)(F)F)c3c2[C@H](N)C[C@@H]3O)c1. The smallest absolute Gasteiger partial charge is 0.457 e. The van der Waals surface area contributed by atoms with Crippen molar-refractivity contribution in [1.82, 2.24) is 0 Å². The minimum Gasteiger partial charge on any atom is -0.457 e. The van der Waals surface area contributed by atoms with Gasteiger partial charge in [-0.2, -0.15) is 18.4 Å². The van der Waals surface area contributed by atoms with E-state index >= 15 is 0 Å². The van der Waals surface area contributed by atoms with Gasteiger partial charge in [-0.3, -0.25) is 0 Å². The fourth-order valence-electron chi connectivity index (χ4n) is 3.06. The standard InChI is InChI=1S/C17H12F4N2O4S/c18-9-3-8(7-22)4-10(5-9)27-13-1-2-14(28(25,26)17(19,20)21)16-12(24)6-11(23)15(13)16/h1-5,11-12,24H,6,23H2/t11-,12+/m1/s1. The van der Waals surface area contributed by atoms with Crippen LogP contribution in [0.15, 0.2) is 35.2 Å². The van der Waals surface area contributed by atoms with E-state index in [1.54, 1.807) is 6.07 Å². The summed E-state index contributed by atoms with van der Waals surface area (Å²) in [7, 11) is -5.74. The Morgan fingerprint density at radius 3 is 2.50 bits per heavy atom. The molecule has 0 heterocycles. The normalized spacial score (nSPS) is 19.2. The lowest BCUT2D eigenvalue weighted by atomic mass is 10.1. The molecule has 0 radical (unpaired) electrons. The molecule has 148 valence electrons. The van der Waals surface area contributed by atoms with Crippen LogP contribution in [0, 0.1) is 17.1 Å². The zero-order valence-corrected chi connectivity index (χ0v) is 14.7. The Bertz CT molecular complexity index is 1090. The molecule has 3 N–H and O–H groups in total. The van der Waals surface area contributed by atoms with E-state index in [0.717, 1.165) is 18.2 Å². The van der Waals surface area contributed by atoms with Crippen LogP contribution < -0.4 is 10.5 Å². The van der Waals surface area contributed by atoms with Crippen molar-refractivity contribution >= 4 is 9.84 Å². The summed E-state index contributed by atoms with van der Waals surface area (Å²) in [5.41, 5.74) is -0.402. The van der Waals surface area contributed by atoms with Gasteiger partial charge in [0.2, 0.25) is 0 Å². The molecule has 0 saturated heterocycles. The van der Waals surface area contributed by atoms with Gasteiger partial charge < -0.3 is 15.6 Å². The number of nitriles is 1. The van der Waals surface area contributed by atoms with Gasteiger partial charge in [-0.15, -0.1) is 0 Å². The second-order valence-electron chi connectivity index (χ2n) is 6.09. The van der Waals surface area contributed by atoms with E-state index in [-0.39, 0.29) is 29.0 Å². The van der Waals surface area contributed by atoms with Crippen molar-refractivity contribution in [3.05, 3.63) is 52.8 Å². The number of aliphatic hydroxyl groups excluding tert-OH is 1. The average molecular weight is 416 g/mol. The molecule has 28 heavy (non-hydrogen) atoms. The number of alkyl halides is 3. The van der Waals surface area contributed by atoms with Crippen molar-refractivity contribution < 1.29 is 35.8 Å². The molecule has 6 nitrogen and oxygen atoms in total. The number of benzene rings is 2. The van der Waals surface area contributed by atoms with Gasteiger partial charge in [0.1, 0.15) is 17.3 Å². The van der Waals surface area contributed by atoms with E-state index < -0.39 is 43.8 Å². The number of hydrogen-bond donors (Lipinski definition) is 2. The van der Waals surface area contributed by atoms with Crippen LogP contribution >= 0.6 is 0 Å². The van der Waals surface area contributed by atoms with Gasteiger partial charge in [0.15, 0.2) is 0 Å². The van der Waals surface area contributed by atoms with Gasteiger partial charge in [0, 0.05) is 23.2 Å². The second-order valence-corrected chi connectivity index (χ2v) is 8.00. The number of rotatable bonds is 3. The summed E-state index contributed by atoms with van der Waals surface area (Å²) < 4.78 is 81.7. The van der Waals surface area contributed by atoms with Gasteiger partial charge >= 0.3 is 5.51 Å². The molecule has 0 aromatic heterocycles. The number of fused-ring (bicyclic) bond motifs is 1. The van der Waals surface area contributed by atoms with Crippen molar-refractivity contribution in [2.45, 2.75) is 29.0 Å². The lowest BCUT2D eigenvalue weighted by Gasteiger charge is -2.18. The highest BCUT2D eigenvalue weighted by molar-refractivity contribution is 7.92. The highest BCUT2D eigenvalue weighted by Gasteiger charge is 2.50. The lowest BCUT2D eigenvalue weighted by Crippen LogP contribution is -2.25. The Hall–Kier alpha value is -2.68. The number of halogens is 4. The zero-order chi connectivity index (χ0) is 20.9. The first-order valence-corrected chi connectivity index (χ1v) is 9.24. The fourth-order valence-corrected chi connectivity index (χ4v) is 4.09. The van der Waals surface area contributed by atoms with Crippen LogP contribution in [0.2, 0.25) is 0 Å². The average Bonchev–Trinajstić information content (AvgIpc) is 2.88. The van der Waals surface area contributed by atoms with Crippen LogP contribution in [-0.4, -0.2) is 19.0 Å². The number of nitrogens with two attached hydrogens (primary N) is 1. The van der Waals surface area contributed by atoms with Crippen LogP contribution in [-0.2, 0) is 9.84 Å². The third-order valence-corrected chi connectivity index (χ3v) is 5.76. The highest BCUT2D eigenvalue weighted by Crippen LogP contribution is 2.48. The van der Waals surface area contributed by atoms with Crippen LogP contribution in [0.3, 0.4) is 0 Å². The van der Waals surface area contributed by atoms with E-state index in [2.05, 4.69) is 0 Å². The molecule has 0 saturated carbocycles. The summed E-state index contributed by atoms with van der Waals surface area (Å²) in [6.45, 7) is 0. The Balaban J connectivity index is 2.17. The molecule has 1 aliphatic carbocycles. The summed E-state index contributed by atoms with van der Waals surface area (Å²) in [5.74, 6) is -1.07. The molecule has 0 unspecified atom stereocenters. The Morgan fingerprint density at radius 1 is 1.21 bits per heavy atom. The predicted molar refractivity (Wildman–Crippen MR) is 87.4 cm³/mol. The Morgan fingerprint density at radius 2 is 1.89 bits per heavy atom. The molecule has 0 aliphatic heterocycles. The summed E-state index contributed by atoms with van der Waals surface area (Å²) >= 11 is 0. The van der Waals surface area contributed by atoms with E-state index in [0.29, 0.717) is 6.07 Å². The lowest BCUT2D eigenvalue weighted by molar-refractivity contribution is -0.0437. The van der Waals surface area contributed by atoms with Crippen LogP contribution in [0.1, 0.15) is 35.3 Å². The van der Waals surface area contributed by atoms with Crippen LogP contribution in [0.4, 0.5) is 17.6 Å². The molecular weight excluding hydrogens is 404 g/mol. The quantitative estimate of drug-likeness (QED) is 0.743. The highest BCUT2D eigenvalue weighted by atomic mass is 32.2. The van der Waals surface area contributed by atoms with E-state index in [1.807, 2.05) is 0 Å². The Kier molecular flexibility index (Phi) is 4.82. The predicted octanol–water partition coefficient (Wildman–Crippen LogP) is 3.22. The molecule has 3 rings (SSSR count). The molecular formula is C17H12F4N2O4S. The number of hydrogen-bond acceptors (Lipinski definition) is 6. The summed E-state index contributed by atoms with van der Waals surface area (Å²) in [6.07, 6.45) is -1.77. The van der Waals surface area contributed by atoms with Gasteiger partial charge in [0.25, 0.3) is 9.84 Å². The third kappa shape index (κ3) is 3.30. The number of aliphatic hydroxyl groups is 1. The van der Waals surface area contributed by atoms with E-state index in [9.17, 15) is 31.1 Å². The summed E-state index contributed by atoms with van der Waals surface area (Å²) in [6, 6.07) is 5.39. The minimum atomic E-state index is -5.74. The van der Waals surface area contributed by atoms with Crippen LogP contribution in [0.5, 0.6) is 11.5 Å². The van der Waals surface area contributed by atoms with Gasteiger partial charge in [-0.1, -0.05) is 0 Å². The molecule has 0 fully saturated rings. The van der Waals surface area contributed by atoms with Crippen molar-refractivity contribution in [2.75, 3.05) is 0 Å². The van der Waals surface area contributed by atoms with Gasteiger partial charge in [0.05, 0.1) is 22.6 Å². The maximum absolute atomic E-state index is 13.6. The third-order valence-electron chi connectivity index (χ3n) is 4.21. The molecule has 2 aromatic carbocycles. The first kappa shape index (κ1) is 20.1. The Labute approximate surface area is 156 Å². The number of nitrogens with zero attached hydrogens (tertiary/aromatic N) is 1. The van der Waals surface area contributed by atoms with Crippen molar-refractivity contribution in [2.24, 2.45) is 5.73 Å². The van der Waals surface area contributed by atoms with E-state index in [1.165, 1.54) is 6.07 Å². The largest absolute Gasteiger partial charge is 0.501 e. The zero-order valence-electron chi connectivity index (χ0n) is 13.9. The van der Waals surface area contributed by atoms with Crippen molar-refractivity contribution in [3.63, 3.8) is 0 Å². The summed E-state index contributed by atoms with van der Waals surface area (Å²) in [4.78, 5) is -1.11. The van der Waals surface area contributed by atoms with Gasteiger partial charge in [-0.05, 0) is 30.7 Å². The van der Waals surface area contributed by atoms with Gasteiger partial charge in [-0.25, -0.2) is 12.8 Å². The molecule has 1 aliphatic rings. The maximum atomic E-state index is 13.6. The number of ether oxygens (including phenoxy) is 1. The number of sulfone groups is 1. The first-order valence-electron chi connectivity index (χ1n) is 7.76. The summed E-state index contributed by atoms with van der Waals surface area (Å²) in [5, 5.41) is 19.0. The molecule has 0 amide bonds. The van der Waals surface area contributed by atoms with Crippen LogP contribution in [0.25, 0.3) is 0 Å². The topological polar surface area (TPSA) is 113 Å². The van der Waals surface area contributed by atoms with Crippen molar-refractivity contribution in [3.8, 4) is 17.6 Å². The molecule has 2 aromatic rings. The maximum Gasteiger partial charge on any atom is 0.501 e.